The molecule has 8 heteroatoms. The molecule has 3 aromatic heterocycles. The molecule has 0 aliphatic heterocycles. The maximum Gasteiger partial charge on any atom is 0.146 e. The van der Waals surface area contributed by atoms with Crippen molar-refractivity contribution in [2.75, 3.05) is 11.5 Å². The van der Waals surface area contributed by atoms with Crippen molar-refractivity contribution in [1.29, 1.82) is 0 Å². The monoisotopic (exact) mass is 436 g/mol. The van der Waals surface area contributed by atoms with E-state index in [-0.39, 0.29) is 28.6 Å². The van der Waals surface area contributed by atoms with E-state index in [2.05, 4.69) is 32.5 Å². The number of nitrogens with two attached hydrogens (primary N) is 2. The van der Waals surface area contributed by atoms with Crippen LogP contribution in [-0.4, -0.2) is 19.5 Å². The molecule has 1 aromatic carbocycles. The lowest BCUT2D eigenvalue weighted by Gasteiger charge is -2.14. The summed E-state index contributed by atoms with van der Waals surface area (Å²) in [4.78, 5) is 12.7. The smallest absolute Gasteiger partial charge is 0.146 e. The zero-order valence-electron chi connectivity index (χ0n) is 17.0. The Hall–Kier alpha value is -3.19. The Bertz CT molecular complexity index is 1350. The summed E-state index contributed by atoms with van der Waals surface area (Å²) in [5.41, 5.74) is 15.4. The quantitative estimate of drug-likeness (QED) is 0.435. The Balaban J connectivity index is 1.40. The van der Waals surface area contributed by atoms with Gasteiger partial charge in [-0.25, -0.2) is 19.3 Å². The predicted octanol–water partition coefficient (Wildman–Crippen LogP) is 5.08. The Morgan fingerprint density at radius 3 is 2.87 bits per heavy atom. The van der Waals surface area contributed by atoms with Gasteiger partial charge in [-0.2, -0.15) is 0 Å². The van der Waals surface area contributed by atoms with Gasteiger partial charge in [0.25, 0.3) is 0 Å². The number of anilines is 2. The number of benzene rings is 1. The molecule has 5 rings (SSSR count). The van der Waals surface area contributed by atoms with Crippen LogP contribution >= 0.6 is 11.6 Å². The second kappa shape index (κ2) is 7.50. The van der Waals surface area contributed by atoms with Crippen LogP contribution in [0, 0.1) is 11.7 Å². The Morgan fingerprint density at radius 2 is 2.03 bits per heavy atom. The first-order valence-electron chi connectivity index (χ1n) is 10.2. The molecule has 2 unspecified atom stereocenters. The SMILES string of the molecule is CC(Cc1cc(F)c2cc(Cl)c(N)nc2c1)C1=CC(n2ccc3c(N)ncnc32)CC1. The summed E-state index contributed by atoms with van der Waals surface area (Å²) in [7, 11) is 0. The van der Waals surface area contributed by atoms with Crippen molar-refractivity contribution >= 4 is 45.2 Å². The maximum atomic E-state index is 14.6. The molecule has 4 aromatic rings. The molecule has 3 heterocycles. The van der Waals surface area contributed by atoms with E-state index in [0.29, 0.717) is 16.7 Å². The molecule has 2 atom stereocenters. The van der Waals surface area contributed by atoms with Crippen LogP contribution in [0.4, 0.5) is 16.0 Å². The highest BCUT2D eigenvalue weighted by Crippen LogP contribution is 2.36. The van der Waals surface area contributed by atoms with Gasteiger partial charge in [-0.15, -0.1) is 0 Å². The molecule has 0 fully saturated rings. The number of hydrogen-bond acceptors (Lipinski definition) is 5. The van der Waals surface area contributed by atoms with E-state index < -0.39 is 0 Å². The van der Waals surface area contributed by atoms with Gasteiger partial charge in [0, 0.05) is 11.6 Å². The second-order valence-electron chi connectivity index (χ2n) is 8.17. The van der Waals surface area contributed by atoms with E-state index in [1.54, 1.807) is 6.07 Å². The fraction of sp³-hybridized carbons (Fsp3) is 0.261. The minimum atomic E-state index is -0.330. The minimum absolute atomic E-state index is 0.212. The predicted molar refractivity (Wildman–Crippen MR) is 122 cm³/mol. The number of aromatic nitrogens is 4. The van der Waals surface area contributed by atoms with E-state index in [4.69, 9.17) is 23.1 Å². The highest BCUT2D eigenvalue weighted by atomic mass is 35.5. The zero-order valence-corrected chi connectivity index (χ0v) is 17.8. The Labute approximate surface area is 183 Å². The standard InChI is InChI=1S/C23H22ClFN6/c1-12(6-13-7-19(25)17-10-18(24)22(27)30-20(17)8-13)14-2-3-15(9-14)31-5-4-16-21(26)28-11-29-23(16)31/h4-5,7-12,15H,2-3,6H2,1H3,(H2,27,30)(H2,26,28,29). The fourth-order valence-electron chi connectivity index (χ4n) is 4.50. The fourth-order valence-corrected chi connectivity index (χ4v) is 4.65. The van der Waals surface area contributed by atoms with E-state index in [9.17, 15) is 4.39 Å². The largest absolute Gasteiger partial charge is 0.383 e. The number of rotatable bonds is 4. The molecule has 0 bridgehead atoms. The van der Waals surface area contributed by atoms with Crippen molar-refractivity contribution in [3.63, 3.8) is 0 Å². The van der Waals surface area contributed by atoms with Crippen LogP contribution in [0.1, 0.15) is 31.4 Å². The highest BCUT2D eigenvalue weighted by Gasteiger charge is 2.23. The highest BCUT2D eigenvalue weighted by molar-refractivity contribution is 6.33. The van der Waals surface area contributed by atoms with Crippen LogP contribution in [0.2, 0.25) is 5.02 Å². The number of nitrogen functional groups attached to an aromatic ring is 2. The Kier molecular flexibility index (Phi) is 4.78. The number of pyridine rings is 1. The second-order valence-corrected chi connectivity index (χ2v) is 8.58. The van der Waals surface area contributed by atoms with Crippen molar-refractivity contribution in [1.82, 2.24) is 19.5 Å². The van der Waals surface area contributed by atoms with Crippen LogP contribution in [0.3, 0.4) is 0 Å². The van der Waals surface area contributed by atoms with Crippen LogP contribution in [-0.2, 0) is 6.42 Å². The number of allylic oxidation sites excluding steroid dienone is 2. The lowest BCUT2D eigenvalue weighted by atomic mass is 9.92. The van der Waals surface area contributed by atoms with E-state index in [1.807, 2.05) is 18.3 Å². The molecule has 1 aliphatic rings. The summed E-state index contributed by atoms with van der Waals surface area (Å²) < 4.78 is 16.8. The minimum Gasteiger partial charge on any atom is -0.383 e. The molecule has 0 saturated heterocycles. The topological polar surface area (TPSA) is 95.6 Å². The summed E-state index contributed by atoms with van der Waals surface area (Å²) in [6, 6.07) is 7.18. The summed E-state index contributed by atoms with van der Waals surface area (Å²) in [6.45, 7) is 2.17. The lowest BCUT2D eigenvalue weighted by molar-refractivity contribution is 0.594. The van der Waals surface area contributed by atoms with E-state index in [1.165, 1.54) is 18.0 Å². The molecule has 0 amide bonds. The van der Waals surface area contributed by atoms with Crippen molar-refractivity contribution < 1.29 is 4.39 Å². The third-order valence-corrected chi connectivity index (χ3v) is 6.43. The molecular weight excluding hydrogens is 415 g/mol. The van der Waals surface area contributed by atoms with Crippen molar-refractivity contribution in [3.8, 4) is 0 Å². The molecule has 31 heavy (non-hydrogen) atoms. The summed E-state index contributed by atoms with van der Waals surface area (Å²) in [5.74, 6) is 0.646. The van der Waals surface area contributed by atoms with Gasteiger partial charge < -0.3 is 16.0 Å². The van der Waals surface area contributed by atoms with Crippen LogP contribution in [0.15, 0.2) is 48.4 Å². The zero-order chi connectivity index (χ0) is 21.7. The van der Waals surface area contributed by atoms with Gasteiger partial charge in [0.1, 0.15) is 29.4 Å². The molecule has 1 aliphatic carbocycles. The third-order valence-electron chi connectivity index (χ3n) is 6.13. The molecule has 4 N–H and O–H groups in total. The van der Waals surface area contributed by atoms with Crippen molar-refractivity contribution in [2.24, 2.45) is 5.92 Å². The molecule has 0 spiro atoms. The van der Waals surface area contributed by atoms with Gasteiger partial charge in [0.15, 0.2) is 0 Å². The van der Waals surface area contributed by atoms with Crippen LogP contribution < -0.4 is 11.5 Å². The van der Waals surface area contributed by atoms with Crippen LogP contribution in [0.25, 0.3) is 21.9 Å². The normalized spacial score (nSPS) is 17.4. The maximum absolute atomic E-state index is 14.6. The van der Waals surface area contributed by atoms with Crippen molar-refractivity contribution in [2.45, 2.75) is 32.2 Å². The first-order chi connectivity index (χ1) is 14.9. The summed E-state index contributed by atoms with van der Waals surface area (Å²) in [6.07, 6.45) is 8.52. The van der Waals surface area contributed by atoms with E-state index >= 15 is 0 Å². The van der Waals surface area contributed by atoms with E-state index in [0.717, 1.165) is 35.9 Å². The van der Waals surface area contributed by atoms with Crippen LogP contribution in [0.5, 0.6) is 0 Å². The third kappa shape index (κ3) is 3.49. The van der Waals surface area contributed by atoms with Gasteiger partial charge in [0.2, 0.25) is 0 Å². The van der Waals surface area contributed by atoms with Gasteiger partial charge >= 0.3 is 0 Å². The first kappa shape index (κ1) is 19.8. The summed E-state index contributed by atoms with van der Waals surface area (Å²) >= 11 is 5.99. The number of fused-ring (bicyclic) bond motifs is 2. The van der Waals surface area contributed by atoms with Gasteiger partial charge in [0.05, 0.1) is 22.0 Å². The Morgan fingerprint density at radius 1 is 1.19 bits per heavy atom. The average molecular weight is 437 g/mol. The van der Waals surface area contributed by atoms with Crippen molar-refractivity contribution in [3.05, 3.63) is 64.8 Å². The number of halogens is 2. The van der Waals surface area contributed by atoms with Gasteiger partial charge in [-0.3, -0.25) is 0 Å². The summed E-state index contributed by atoms with van der Waals surface area (Å²) in [5, 5.41) is 1.52. The molecule has 158 valence electrons. The van der Waals surface area contributed by atoms with Gasteiger partial charge in [-0.1, -0.05) is 30.2 Å². The van der Waals surface area contributed by atoms with Gasteiger partial charge in [-0.05, 0) is 55.0 Å². The number of nitrogens with zero attached hydrogens (tertiary/aromatic N) is 4. The molecule has 0 saturated carbocycles. The lowest BCUT2D eigenvalue weighted by Crippen LogP contribution is -2.04. The molecule has 6 nitrogen and oxygen atoms in total. The average Bonchev–Trinajstić information content (AvgIpc) is 3.37. The molecular formula is C23H22ClFN6. The number of hydrogen-bond donors (Lipinski definition) is 2. The first-order valence-corrected chi connectivity index (χ1v) is 10.6. The molecule has 0 radical (unpaired) electrons.